The summed E-state index contributed by atoms with van der Waals surface area (Å²) in [6.07, 6.45) is 0. The third-order valence-corrected chi connectivity index (χ3v) is 7.38. The predicted molar refractivity (Wildman–Crippen MR) is 108 cm³/mol. The average Bonchev–Trinajstić information content (AvgIpc) is 2.64. The first-order chi connectivity index (χ1) is 12.3. The number of halogens is 2. The van der Waals surface area contributed by atoms with Crippen LogP contribution in [-0.4, -0.2) is 46.0 Å². The third kappa shape index (κ3) is 3.71. The van der Waals surface area contributed by atoms with Gasteiger partial charge in [-0.25, -0.2) is 8.42 Å². The van der Waals surface area contributed by atoms with Gasteiger partial charge >= 0.3 is 0 Å². The van der Waals surface area contributed by atoms with Gasteiger partial charge in [0.15, 0.2) is 0 Å². The maximum atomic E-state index is 13.1. The normalized spacial score (nSPS) is 15.9. The third-order valence-electron chi connectivity index (χ3n) is 4.56. The maximum Gasteiger partial charge on any atom is 0.246 e. The molecule has 0 saturated carbocycles. The summed E-state index contributed by atoms with van der Waals surface area (Å²) in [5.74, 6) is 0.348. The van der Waals surface area contributed by atoms with E-state index in [2.05, 4.69) is 20.8 Å². The number of sulfonamides is 1. The van der Waals surface area contributed by atoms with Crippen LogP contribution in [0.2, 0.25) is 5.02 Å². The fraction of sp³-hybridized carbons (Fsp3) is 0.333. The number of rotatable bonds is 4. The Labute approximate surface area is 167 Å². The van der Waals surface area contributed by atoms with Gasteiger partial charge in [-0.1, -0.05) is 33.6 Å². The molecule has 0 spiro atoms. The van der Waals surface area contributed by atoms with Crippen LogP contribution in [-0.2, 0) is 10.0 Å². The summed E-state index contributed by atoms with van der Waals surface area (Å²) < 4.78 is 33.6. The summed E-state index contributed by atoms with van der Waals surface area (Å²) in [6.45, 7) is 4.01. The van der Waals surface area contributed by atoms with E-state index in [1.807, 2.05) is 25.1 Å². The van der Waals surface area contributed by atoms with Crippen molar-refractivity contribution in [2.75, 3.05) is 38.2 Å². The SMILES string of the molecule is COc1ccc(Br)cc1S(=O)(=O)N1CCN(c2cccc(Cl)c2C)CC1. The van der Waals surface area contributed by atoms with E-state index >= 15 is 0 Å². The number of hydrogen-bond donors (Lipinski definition) is 0. The zero-order valence-electron chi connectivity index (χ0n) is 14.6. The molecule has 0 atom stereocenters. The van der Waals surface area contributed by atoms with Gasteiger partial charge in [-0.15, -0.1) is 0 Å². The molecule has 26 heavy (non-hydrogen) atoms. The summed E-state index contributed by atoms with van der Waals surface area (Å²) in [4.78, 5) is 2.35. The number of methoxy groups -OCH3 is 1. The molecule has 140 valence electrons. The molecule has 2 aromatic rings. The van der Waals surface area contributed by atoms with Crippen molar-refractivity contribution in [3.63, 3.8) is 0 Å². The molecule has 2 aromatic carbocycles. The summed E-state index contributed by atoms with van der Waals surface area (Å²) in [5, 5.41) is 0.719. The maximum absolute atomic E-state index is 13.1. The summed E-state index contributed by atoms with van der Waals surface area (Å²) in [7, 11) is -2.15. The van der Waals surface area contributed by atoms with E-state index in [0.29, 0.717) is 36.4 Å². The van der Waals surface area contributed by atoms with Crippen molar-refractivity contribution in [1.82, 2.24) is 4.31 Å². The molecule has 3 rings (SSSR count). The van der Waals surface area contributed by atoms with E-state index in [0.717, 1.165) is 16.3 Å². The molecule has 1 heterocycles. The van der Waals surface area contributed by atoms with Gasteiger partial charge < -0.3 is 9.64 Å². The van der Waals surface area contributed by atoms with E-state index in [9.17, 15) is 8.42 Å². The minimum Gasteiger partial charge on any atom is -0.495 e. The summed E-state index contributed by atoms with van der Waals surface area (Å²) >= 11 is 9.55. The highest BCUT2D eigenvalue weighted by Gasteiger charge is 2.31. The molecule has 0 N–H and O–H groups in total. The number of piperazine rings is 1. The van der Waals surface area contributed by atoms with Crippen LogP contribution in [0, 0.1) is 6.92 Å². The fourth-order valence-corrected chi connectivity index (χ4v) is 5.39. The number of benzene rings is 2. The second-order valence-electron chi connectivity index (χ2n) is 6.07. The Hall–Kier alpha value is -1.28. The highest BCUT2D eigenvalue weighted by Crippen LogP contribution is 2.32. The lowest BCUT2D eigenvalue weighted by Crippen LogP contribution is -2.48. The molecular formula is C18H20BrClN2O3S. The highest BCUT2D eigenvalue weighted by molar-refractivity contribution is 9.10. The standard InChI is InChI=1S/C18H20BrClN2O3S/c1-13-15(20)4-3-5-16(13)21-8-10-22(11-9-21)26(23,24)18-12-14(19)6-7-17(18)25-2/h3-7,12H,8-11H2,1-2H3. The van der Waals surface area contributed by atoms with Crippen LogP contribution in [0.15, 0.2) is 45.8 Å². The number of anilines is 1. The van der Waals surface area contributed by atoms with Crippen LogP contribution >= 0.6 is 27.5 Å². The highest BCUT2D eigenvalue weighted by atomic mass is 79.9. The van der Waals surface area contributed by atoms with Gasteiger partial charge in [-0.3, -0.25) is 0 Å². The summed E-state index contributed by atoms with van der Waals surface area (Å²) in [6, 6.07) is 10.8. The Balaban J connectivity index is 1.81. The van der Waals surface area contributed by atoms with Crippen molar-refractivity contribution < 1.29 is 13.2 Å². The van der Waals surface area contributed by atoms with E-state index < -0.39 is 10.0 Å². The molecule has 1 fully saturated rings. The molecule has 1 aliphatic rings. The Morgan fingerprint density at radius 1 is 1.12 bits per heavy atom. The van der Waals surface area contributed by atoms with Gasteiger partial charge in [0.25, 0.3) is 0 Å². The molecule has 5 nitrogen and oxygen atoms in total. The first kappa shape index (κ1) is 19.5. The lowest BCUT2D eigenvalue weighted by Gasteiger charge is -2.36. The Morgan fingerprint density at radius 2 is 1.81 bits per heavy atom. The molecule has 1 aliphatic heterocycles. The van der Waals surface area contributed by atoms with Gasteiger partial charge in [-0.05, 0) is 42.8 Å². The van der Waals surface area contributed by atoms with E-state index in [-0.39, 0.29) is 4.90 Å². The second kappa shape index (κ2) is 7.76. The molecule has 0 aromatic heterocycles. The first-order valence-electron chi connectivity index (χ1n) is 8.18. The topological polar surface area (TPSA) is 49.9 Å². The van der Waals surface area contributed by atoms with Gasteiger partial charge in [-0.2, -0.15) is 4.31 Å². The molecule has 0 aliphatic carbocycles. The monoisotopic (exact) mass is 458 g/mol. The van der Waals surface area contributed by atoms with E-state index in [1.54, 1.807) is 18.2 Å². The number of ether oxygens (including phenoxy) is 1. The second-order valence-corrected chi connectivity index (χ2v) is 9.30. The van der Waals surface area contributed by atoms with E-state index in [1.165, 1.54) is 11.4 Å². The van der Waals surface area contributed by atoms with E-state index in [4.69, 9.17) is 16.3 Å². The Bertz CT molecular complexity index is 913. The van der Waals surface area contributed by atoms with Crippen LogP contribution in [0.5, 0.6) is 5.75 Å². The van der Waals surface area contributed by atoms with Crippen molar-refractivity contribution in [2.45, 2.75) is 11.8 Å². The average molecular weight is 460 g/mol. The van der Waals surface area contributed by atoms with Gasteiger partial charge in [0.05, 0.1) is 7.11 Å². The minimum absolute atomic E-state index is 0.182. The van der Waals surface area contributed by atoms with Gasteiger partial charge in [0.1, 0.15) is 10.6 Å². The zero-order chi connectivity index (χ0) is 18.9. The van der Waals surface area contributed by atoms with Gasteiger partial charge in [0.2, 0.25) is 10.0 Å². The Kier molecular flexibility index (Phi) is 5.81. The molecular weight excluding hydrogens is 440 g/mol. The molecule has 0 bridgehead atoms. The quantitative estimate of drug-likeness (QED) is 0.695. The van der Waals surface area contributed by atoms with Crippen molar-refractivity contribution in [2.24, 2.45) is 0 Å². The smallest absolute Gasteiger partial charge is 0.246 e. The van der Waals surface area contributed by atoms with Gasteiger partial charge in [0, 0.05) is 41.4 Å². The van der Waals surface area contributed by atoms with Crippen molar-refractivity contribution in [3.8, 4) is 5.75 Å². The number of hydrogen-bond acceptors (Lipinski definition) is 4. The lowest BCUT2D eigenvalue weighted by atomic mass is 10.1. The van der Waals surface area contributed by atoms with Crippen molar-refractivity contribution in [1.29, 1.82) is 0 Å². The fourth-order valence-electron chi connectivity index (χ4n) is 3.10. The zero-order valence-corrected chi connectivity index (χ0v) is 17.7. The lowest BCUT2D eigenvalue weighted by molar-refractivity contribution is 0.374. The molecule has 1 saturated heterocycles. The van der Waals surface area contributed by atoms with Crippen LogP contribution in [0.25, 0.3) is 0 Å². The van der Waals surface area contributed by atoms with Crippen molar-refractivity contribution in [3.05, 3.63) is 51.5 Å². The largest absolute Gasteiger partial charge is 0.495 e. The van der Waals surface area contributed by atoms with Crippen LogP contribution in [0.1, 0.15) is 5.56 Å². The molecule has 0 amide bonds. The minimum atomic E-state index is -3.63. The number of nitrogens with zero attached hydrogens (tertiary/aromatic N) is 2. The van der Waals surface area contributed by atoms with Crippen LogP contribution < -0.4 is 9.64 Å². The summed E-state index contributed by atoms with van der Waals surface area (Å²) in [5.41, 5.74) is 2.06. The van der Waals surface area contributed by atoms with Crippen molar-refractivity contribution >= 4 is 43.2 Å². The molecule has 0 radical (unpaired) electrons. The Morgan fingerprint density at radius 3 is 2.46 bits per heavy atom. The first-order valence-corrected chi connectivity index (χ1v) is 10.8. The predicted octanol–water partition coefficient (Wildman–Crippen LogP) is 3.93. The van der Waals surface area contributed by atoms with Crippen LogP contribution in [0.4, 0.5) is 5.69 Å². The molecule has 8 heteroatoms. The molecule has 0 unspecified atom stereocenters. The van der Waals surface area contributed by atoms with Crippen LogP contribution in [0.3, 0.4) is 0 Å².